The lowest BCUT2D eigenvalue weighted by Crippen LogP contribution is -2.46. The average Bonchev–Trinajstić information content (AvgIpc) is 3.23. The van der Waals surface area contributed by atoms with Crippen LogP contribution in [0.3, 0.4) is 0 Å². The molecule has 0 aliphatic carbocycles. The summed E-state index contributed by atoms with van der Waals surface area (Å²) in [6.45, 7) is 6.32. The number of allylic oxidation sites excluding steroid dienone is 12. The summed E-state index contributed by atoms with van der Waals surface area (Å²) in [6, 6.07) is -0.711. The highest BCUT2D eigenvalue weighted by atomic mass is 16.5. The molecule has 0 aliphatic rings. The minimum absolute atomic E-state index is 0.0583. The van der Waals surface area contributed by atoms with E-state index < -0.39 is 18.2 Å². The van der Waals surface area contributed by atoms with E-state index in [0.717, 1.165) is 70.6 Å². The summed E-state index contributed by atoms with van der Waals surface area (Å²) in [7, 11) is 0. The molecule has 6 heteroatoms. The molecule has 1 amide bonds. The fourth-order valence-electron chi connectivity index (χ4n) is 7.23. The lowest BCUT2D eigenvalue weighted by atomic mass is 10.0. The van der Waals surface area contributed by atoms with Crippen LogP contribution in [0.15, 0.2) is 72.9 Å². The van der Waals surface area contributed by atoms with Crippen molar-refractivity contribution in [1.82, 2.24) is 5.32 Å². The molecule has 340 valence electrons. The van der Waals surface area contributed by atoms with E-state index in [4.69, 9.17) is 4.74 Å². The van der Waals surface area contributed by atoms with Crippen molar-refractivity contribution in [3.63, 3.8) is 0 Å². The van der Waals surface area contributed by atoms with Crippen molar-refractivity contribution >= 4 is 11.9 Å². The predicted molar refractivity (Wildman–Crippen MR) is 255 cm³/mol. The fraction of sp³-hybridized carbons (Fsp3) is 0.736. The van der Waals surface area contributed by atoms with Gasteiger partial charge in [-0.1, -0.05) is 241 Å². The number of esters is 1. The Bertz CT molecular complexity index is 1110. The maximum Gasteiger partial charge on any atom is 0.306 e. The van der Waals surface area contributed by atoms with Gasteiger partial charge in [0.05, 0.1) is 25.2 Å². The Morgan fingerprint density at radius 2 is 0.915 bits per heavy atom. The van der Waals surface area contributed by atoms with Crippen molar-refractivity contribution in [2.75, 3.05) is 6.61 Å². The first kappa shape index (κ1) is 56.3. The number of aliphatic hydroxyl groups excluding tert-OH is 2. The zero-order valence-electron chi connectivity index (χ0n) is 38.6. The molecule has 6 nitrogen and oxygen atoms in total. The molecule has 3 atom stereocenters. The highest BCUT2D eigenvalue weighted by molar-refractivity contribution is 5.77. The summed E-state index contributed by atoms with van der Waals surface area (Å²) in [5.41, 5.74) is 0. The third-order valence-corrected chi connectivity index (χ3v) is 11.0. The Hall–Kier alpha value is -2.70. The second kappa shape index (κ2) is 46.4. The quantitative estimate of drug-likeness (QED) is 0.0323. The normalized spacial score (nSPS) is 13.9. The largest absolute Gasteiger partial charge is 0.462 e. The maximum atomic E-state index is 13.2. The summed E-state index contributed by atoms with van der Waals surface area (Å²) in [5, 5.41) is 23.7. The Morgan fingerprint density at radius 3 is 1.37 bits per heavy atom. The van der Waals surface area contributed by atoms with Gasteiger partial charge in [-0.05, 0) is 44.9 Å². The minimum atomic E-state index is -0.796. The number of carbonyl (C=O) groups excluding carboxylic acids is 2. The Balaban J connectivity index is 4.65. The highest BCUT2D eigenvalue weighted by Crippen LogP contribution is 2.18. The van der Waals surface area contributed by atoms with Crippen LogP contribution in [-0.2, 0) is 14.3 Å². The number of amides is 1. The molecule has 0 rings (SSSR count). The summed E-state index contributed by atoms with van der Waals surface area (Å²) < 4.78 is 5.90. The van der Waals surface area contributed by atoms with Crippen LogP contribution in [0.2, 0.25) is 0 Å². The second-order valence-corrected chi connectivity index (χ2v) is 16.6. The monoisotopic (exact) mass is 824 g/mol. The SMILES string of the molecule is CC\C=C/C=C/C=C/C=C\C=C\C=C\CCCCCC(=O)OC(CCCCCCCCCCCCC)CC(=O)NC(CO)C(O)CCCCCCCCCCCCCC. The molecule has 0 heterocycles. The van der Waals surface area contributed by atoms with Crippen LogP contribution < -0.4 is 5.32 Å². The summed E-state index contributed by atoms with van der Waals surface area (Å²) >= 11 is 0. The first-order chi connectivity index (χ1) is 29.0. The predicted octanol–water partition coefficient (Wildman–Crippen LogP) is 14.6. The molecule has 0 aromatic carbocycles. The summed E-state index contributed by atoms with van der Waals surface area (Å²) in [6.07, 6.45) is 58.1. The van der Waals surface area contributed by atoms with Gasteiger partial charge in [0.2, 0.25) is 5.91 Å². The molecule has 0 saturated heterocycles. The lowest BCUT2D eigenvalue weighted by molar-refractivity contribution is -0.151. The zero-order valence-corrected chi connectivity index (χ0v) is 38.6. The van der Waals surface area contributed by atoms with Gasteiger partial charge in [0.15, 0.2) is 0 Å². The van der Waals surface area contributed by atoms with Gasteiger partial charge in [-0.15, -0.1) is 0 Å². The number of aliphatic hydroxyl groups is 2. The number of hydrogen-bond donors (Lipinski definition) is 3. The second-order valence-electron chi connectivity index (χ2n) is 16.6. The Labute approximate surface area is 364 Å². The molecule has 59 heavy (non-hydrogen) atoms. The maximum absolute atomic E-state index is 13.2. The van der Waals surface area contributed by atoms with Gasteiger partial charge in [-0.25, -0.2) is 0 Å². The van der Waals surface area contributed by atoms with Crippen LogP contribution >= 0.6 is 0 Å². The molecule has 0 fully saturated rings. The van der Waals surface area contributed by atoms with Gasteiger partial charge in [-0.3, -0.25) is 9.59 Å². The molecule has 0 bridgehead atoms. The van der Waals surface area contributed by atoms with Gasteiger partial charge < -0.3 is 20.3 Å². The number of ether oxygens (including phenoxy) is 1. The van der Waals surface area contributed by atoms with Crippen molar-refractivity contribution in [1.29, 1.82) is 0 Å². The molecule has 0 saturated carbocycles. The molecule has 0 spiro atoms. The van der Waals surface area contributed by atoms with Gasteiger partial charge in [-0.2, -0.15) is 0 Å². The van der Waals surface area contributed by atoms with E-state index in [1.54, 1.807) is 0 Å². The van der Waals surface area contributed by atoms with E-state index in [-0.39, 0.29) is 24.9 Å². The molecule has 0 aromatic rings. The van der Waals surface area contributed by atoms with Crippen molar-refractivity contribution in [3.05, 3.63) is 72.9 Å². The zero-order chi connectivity index (χ0) is 43.1. The van der Waals surface area contributed by atoms with Crippen LogP contribution in [0.25, 0.3) is 0 Å². The molecular formula is C53H93NO5. The van der Waals surface area contributed by atoms with Crippen molar-refractivity contribution in [3.8, 4) is 0 Å². The van der Waals surface area contributed by atoms with Crippen molar-refractivity contribution in [2.45, 2.75) is 244 Å². The van der Waals surface area contributed by atoms with Crippen LogP contribution in [-0.4, -0.2) is 46.9 Å². The van der Waals surface area contributed by atoms with E-state index in [9.17, 15) is 19.8 Å². The van der Waals surface area contributed by atoms with Crippen LogP contribution in [0, 0.1) is 0 Å². The van der Waals surface area contributed by atoms with E-state index >= 15 is 0 Å². The van der Waals surface area contributed by atoms with Crippen LogP contribution in [0.5, 0.6) is 0 Å². The number of nitrogens with one attached hydrogen (secondary N) is 1. The van der Waals surface area contributed by atoms with Gasteiger partial charge >= 0.3 is 5.97 Å². The van der Waals surface area contributed by atoms with Crippen LogP contribution in [0.1, 0.15) is 226 Å². The molecule has 3 N–H and O–H groups in total. The average molecular weight is 824 g/mol. The number of rotatable bonds is 43. The van der Waals surface area contributed by atoms with E-state index in [1.165, 1.54) is 109 Å². The summed E-state index contributed by atoms with van der Waals surface area (Å²) in [5.74, 6) is -0.525. The van der Waals surface area contributed by atoms with Crippen molar-refractivity contribution < 1.29 is 24.5 Å². The third-order valence-electron chi connectivity index (χ3n) is 11.0. The van der Waals surface area contributed by atoms with E-state index in [1.807, 2.05) is 54.7 Å². The van der Waals surface area contributed by atoms with Gasteiger partial charge in [0.1, 0.15) is 6.10 Å². The number of hydrogen-bond acceptors (Lipinski definition) is 5. The molecule has 0 radical (unpaired) electrons. The lowest BCUT2D eigenvalue weighted by Gasteiger charge is -2.24. The van der Waals surface area contributed by atoms with E-state index in [0.29, 0.717) is 19.3 Å². The first-order valence-corrected chi connectivity index (χ1v) is 24.7. The topological polar surface area (TPSA) is 95.9 Å². The fourth-order valence-corrected chi connectivity index (χ4v) is 7.23. The summed E-state index contributed by atoms with van der Waals surface area (Å²) in [4.78, 5) is 26.1. The van der Waals surface area contributed by atoms with Gasteiger partial charge in [0.25, 0.3) is 0 Å². The Morgan fingerprint density at radius 1 is 0.508 bits per heavy atom. The Kier molecular flexibility index (Phi) is 44.2. The third kappa shape index (κ3) is 41.8. The minimum Gasteiger partial charge on any atom is -0.462 e. The molecule has 0 aliphatic heterocycles. The van der Waals surface area contributed by atoms with Crippen LogP contribution in [0.4, 0.5) is 0 Å². The molecular weight excluding hydrogens is 731 g/mol. The molecule has 3 unspecified atom stereocenters. The number of carbonyl (C=O) groups is 2. The van der Waals surface area contributed by atoms with Gasteiger partial charge in [0, 0.05) is 6.42 Å². The standard InChI is InChI=1S/C53H93NO5/c1-4-7-10-13-16-19-22-24-25-26-27-28-31-34-37-40-43-46-53(58)59-49(44-41-38-35-32-29-21-18-15-12-9-6-3)47-52(57)54-50(48-55)51(56)45-42-39-36-33-30-23-20-17-14-11-8-5-2/h7,10,13,16,19,22,24-28,31,49-51,55-56H,4-6,8-9,11-12,14-15,17-18,20-21,23,29-30,32-48H2,1-3H3,(H,54,57)/b10-7-,16-13+,22-19+,25-24-,27-26+,31-28+. The number of unbranched alkanes of at least 4 members (excludes halogenated alkanes) is 24. The smallest absolute Gasteiger partial charge is 0.306 e. The van der Waals surface area contributed by atoms with Crippen molar-refractivity contribution in [2.24, 2.45) is 0 Å². The molecule has 0 aromatic heterocycles. The first-order valence-electron chi connectivity index (χ1n) is 24.7. The van der Waals surface area contributed by atoms with E-state index in [2.05, 4.69) is 44.3 Å². The highest BCUT2D eigenvalue weighted by Gasteiger charge is 2.24.